The second-order valence-corrected chi connectivity index (χ2v) is 4.49. The van der Waals surface area contributed by atoms with E-state index < -0.39 is 0 Å². The van der Waals surface area contributed by atoms with Crippen molar-refractivity contribution in [1.82, 2.24) is 0 Å². The molecule has 0 aliphatic carbocycles. The van der Waals surface area contributed by atoms with E-state index in [2.05, 4.69) is 35.2 Å². The van der Waals surface area contributed by atoms with Crippen LogP contribution in [0.3, 0.4) is 0 Å². The van der Waals surface area contributed by atoms with Crippen molar-refractivity contribution in [1.29, 1.82) is 5.26 Å². The monoisotopic (exact) mass is 311 g/mol. The van der Waals surface area contributed by atoms with Gasteiger partial charge in [-0.2, -0.15) is 5.26 Å². The Morgan fingerprint density at radius 3 is 2.53 bits per heavy atom. The summed E-state index contributed by atoms with van der Waals surface area (Å²) in [6.45, 7) is 3.87. The van der Waals surface area contributed by atoms with Crippen molar-refractivity contribution in [2.24, 2.45) is 0 Å². The molecule has 78 valence electrons. The van der Waals surface area contributed by atoms with Crippen molar-refractivity contribution in [3.8, 4) is 6.07 Å². The van der Waals surface area contributed by atoms with Gasteiger partial charge in [0.2, 0.25) is 0 Å². The summed E-state index contributed by atoms with van der Waals surface area (Å²) in [4.78, 5) is 0. The highest BCUT2D eigenvalue weighted by Crippen LogP contribution is 2.23. The van der Waals surface area contributed by atoms with Crippen LogP contribution in [-0.2, 0) is 0 Å². The highest BCUT2D eigenvalue weighted by molar-refractivity contribution is 14.1. The van der Waals surface area contributed by atoms with Crippen LogP contribution in [0.1, 0.15) is 29.9 Å². The Balaban J connectivity index is 2.74. The maximum absolute atomic E-state index is 8.69. The highest BCUT2D eigenvalue weighted by atomic mass is 127. The number of nitriles is 1. The molecule has 0 saturated carbocycles. The minimum Gasteiger partial charge on any atom is -0.192 e. The Kier molecular flexibility index (Phi) is 5.41. The maximum Gasteiger partial charge on any atom is 0.0991 e. The number of halogens is 1. The average Bonchev–Trinajstić information content (AvgIpc) is 2.31. The van der Waals surface area contributed by atoms with Gasteiger partial charge in [0.25, 0.3) is 0 Å². The molecule has 0 bridgehead atoms. The summed E-state index contributed by atoms with van der Waals surface area (Å²) in [6, 6.07) is 9.92. The van der Waals surface area contributed by atoms with E-state index in [1.807, 2.05) is 30.3 Å². The van der Waals surface area contributed by atoms with E-state index in [1.165, 1.54) is 16.4 Å². The van der Waals surface area contributed by atoms with Gasteiger partial charge in [0.05, 0.1) is 11.6 Å². The molecular weight excluding hydrogens is 297 g/mol. The van der Waals surface area contributed by atoms with Crippen LogP contribution < -0.4 is 0 Å². The lowest BCUT2D eigenvalue weighted by Gasteiger charge is -2.11. The summed E-state index contributed by atoms with van der Waals surface area (Å²) >= 11 is 2.39. The Morgan fingerprint density at radius 1 is 1.40 bits per heavy atom. The van der Waals surface area contributed by atoms with Crippen LogP contribution in [0.5, 0.6) is 0 Å². The Bertz CT molecular complexity index is 348. The van der Waals surface area contributed by atoms with E-state index in [1.54, 1.807) is 0 Å². The maximum atomic E-state index is 8.69. The SMILES string of the molecule is C=CC(CCCI)c1ccc(C#N)cc1. The molecule has 0 amide bonds. The van der Waals surface area contributed by atoms with Gasteiger partial charge in [0.1, 0.15) is 0 Å². The van der Waals surface area contributed by atoms with Crippen molar-refractivity contribution >= 4 is 22.6 Å². The zero-order valence-corrected chi connectivity index (χ0v) is 10.8. The summed E-state index contributed by atoms with van der Waals surface area (Å²) in [5.41, 5.74) is 1.98. The van der Waals surface area contributed by atoms with Gasteiger partial charge < -0.3 is 0 Å². The van der Waals surface area contributed by atoms with Crippen LogP contribution in [0.15, 0.2) is 36.9 Å². The molecule has 0 fully saturated rings. The summed E-state index contributed by atoms with van der Waals surface area (Å²) in [5, 5.41) is 8.69. The second kappa shape index (κ2) is 6.62. The predicted molar refractivity (Wildman–Crippen MR) is 72.2 cm³/mol. The summed E-state index contributed by atoms with van der Waals surface area (Å²) in [5.74, 6) is 0.424. The fourth-order valence-corrected chi connectivity index (χ4v) is 1.96. The number of hydrogen-bond donors (Lipinski definition) is 0. The van der Waals surface area contributed by atoms with Crippen LogP contribution in [-0.4, -0.2) is 4.43 Å². The van der Waals surface area contributed by atoms with Crippen molar-refractivity contribution in [3.05, 3.63) is 48.0 Å². The van der Waals surface area contributed by atoms with Gasteiger partial charge in [-0.1, -0.05) is 40.8 Å². The fraction of sp³-hybridized carbons (Fsp3) is 0.308. The minimum atomic E-state index is 0.424. The van der Waals surface area contributed by atoms with Gasteiger partial charge in [-0.25, -0.2) is 0 Å². The fourth-order valence-electron chi connectivity index (χ4n) is 1.52. The molecule has 0 saturated heterocycles. The molecule has 15 heavy (non-hydrogen) atoms. The molecule has 1 atom stereocenters. The number of rotatable bonds is 5. The number of nitrogens with zero attached hydrogens (tertiary/aromatic N) is 1. The predicted octanol–water partition coefficient (Wildman–Crippen LogP) is 4.04. The van der Waals surface area contributed by atoms with E-state index in [-0.39, 0.29) is 0 Å². The number of allylic oxidation sites excluding steroid dienone is 1. The first kappa shape index (κ1) is 12.3. The Morgan fingerprint density at radius 2 is 2.07 bits per heavy atom. The Labute approximate surface area is 105 Å². The zero-order chi connectivity index (χ0) is 11.1. The lowest BCUT2D eigenvalue weighted by molar-refractivity contribution is 0.728. The van der Waals surface area contributed by atoms with Gasteiger partial charge >= 0.3 is 0 Å². The first-order chi connectivity index (χ1) is 7.31. The quantitative estimate of drug-likeness (QED) is 0.457. The molecule has 1 aromatic carbocycles. The third-order valence-electron chi connectivity index (χ3n) is 2.40. The van der Waals surface area contributed by atoms with E-state index in [4.69, 9.17) is 5.26 Å². The summed E-state index contributed by atoms with van der Waals surface area (Å²) in [7, 11) is 0. The van der Waals surface area contributed by atoms with Crippen LogP contribution in [0, 0.1) is 11.3 Å². The van der Waals surface area contributed by atoms with Crippen molar-refractivity contribution < 1.29 is 0 Å². The largest absolute Gasteiger partial charge is 0.192 e. The van der Waals surface area contributed by atoms with Crippen LogP contribution >= 0.6 is 22.6 Å². The molecule has 0 radical (unpaired) electrons. The normalized spacial score (nSPS) is 11.7. The number of benzene rings is 1. The molecule has 0 aromatic heterocycles. The third kappa shape index (κ3) is 3.67. The van der Waals surface area contributed by atoms with Gasteiger partial charge in [-0.3, -0.25) is 0 Å². The summed E-state index contributed by atoms with van der Waals surface area (Å²) < 4.78 is 1.18. The van der Waals surface area contributed by atoms with Crippen LogP contribution in [0.25, 0.3) is 0 Å². The Hall–Kier alpha value is -0.820. The molecular formula is C13H14IN. The molecule has 2 heteroatoms. The molecule has 1 aromatic rings. The molecule has 0 aliphatic heterocycles. The number of alkyl halides is 1. The molecule has 0 aliphatic rings. The van der Waals surface area contributed by atoms with Gasteiger partial charge in [0.15, 0.2) is 0 Å². The first-order valence-corrected chi connectivity index (χ1v) is 6.53. The molecule has 0 N–H and O–H groups in total. The van der Waals surface area contributed by atoms with Gasteiger partial charge in [0, 0.05) is 5.92 Å². The lowest BCUT2D eigenvalue weighted by Crippen LogP contribution is -1.95. The molecule has 1 nitrogen and oxygen atoms in total. The zero-order valence-electron chi connectivity index (χ0n) is 8.62. The van der Waals surface area contributed by atoms with Crippen LogP contribution in [0.4, 0.5) is 0 Å². The standard InChI is InChI=1S/C13H14IN/c1-2-12(4-3-9-14)13-7-5-11(10-15)6-8-13/h2,5-8,12H,1,3-4,9H2. The average molecular weight is 311 g/mol. The van der Waals surface area contributed by atoms with E-state index >= 15 is 0 Å². The van der Waals surface area contributed by atoms with Gasteiger partial charge in [-0.15, -0.1) is 6.58 Å². The molecule has 0 spiro atoms. The van der Waals surface area contributed by atoms with Crippen LogP contribution in [0.2, 0.25) is 0 Å². The van der Waals surface area contributed by atoms with E-state index in [9.17, 15) is 0 Å². The lowest BCUT2D eigenvalue weighted by atomic mass is 9.94. The smallest absolute Gasteiger partial charge is 0.0991 e. The molecule has 0 heterocycles. The van der Waals surface area contributed by atoms with Gasteiger partial charge in [-0.05, 0) is 35.0 Å². The van der Waals surface area contributed by atoms with E-state index in [0.29, 0.717) is 5.92 Å². The number of hydrogen-bond acceptors (Lipinski definition) is 1. The second-order valence-electron chi connectivity index (χ2n) is 3.41. The van der Waals surface area contributed by atoms with E-state index in [0.717, 1.165) is 12.0 Å². The van der Waals surface area contributed by atoms with Crippen molar-refractivity contribution in [2.75, 3.05) is 4.43 Å². The highest BCUT2D eigenvalue weighted by Gasteiger charge is 2.06. The molecule has 1 rings (SSSR count). The minimum absolute atomic E-state index is 0.424. The van der Waals surface area contributed by atoms with Crippen molar-refractivity contribution in [2.45, 2.75) is 18.8 Å². The third-order valence-corrected chi connectivity index (χ3v) is 3.16. The van der Waals surface area contributed by atoms with Crippen molar-refractivity contribution in [3.63, 3.8) is 0 Å². The topological polar surface area (TPSA) is 23.8 Å². The summed E-state index contributed by atoms with van der Waals surface area (Å²) in [6.07, 6.45) is 4.34. The molecule has 1 unspecified atom stereocenters. The first-order valence-electron chi connectivity index (χ1n) is 5.00.